The van der Waals surface area contributed by atoms with Crippen LogP contribution in [0, 0.1) is 5.41 Å². The second-order valence-corrected chi connectivity index (χ2v) is 7.40. The average Bonchev–Trinajstić information content (AvgIpc) is 2.90. The Morgan fingerprint density at radius 3 is 2.56 bits per heavy atom. The van der Waals surface area contributed by atoms with Gasteiger partial charge < -0.3 is 10.2 Å². The van der Waals surface area contributed by atoms with E-state index in [1.165, 1.54) is 0 Å². The number of carbonyl (C=O) groups is 2. The summed E-state index contributed by atoms with van der Waals surface area (Å²) in [5.74, 6) is 1.51. The first kappa shape index (κ1) is 13.7. The summed E-state index contributed by atoms with van der Waals surface area (Å²) in [5, 5.41) is 3.00. The molecule has 1 unspecified atom stereocenters. The monoisotopic (exact) mass is 270 g/mol. The van der Waals surface area contributed by atoms with Crippen LogP contribution in [0.4, 0.5) is 0 Å². The zero-order chi connectivity index (χ0) is 13.3. The van der Waals surface area contributed by atoms with Crippen LogP contribution in [-0.2, 0) is 9.59 Å². The Morgan fingerprint density at radius 1 is 1.33 bits per heavy atom. The standard InChI is InChI=1S/C13H22N2O2S/c1-13(2,3)6-11(16)15-8-18-7-10(15)12(17)14-9-4-5-9/h9-10H,4-8H2,1-3H3,(H,14,17). The third-order valence-corrected chi connectivity index (χ3v) is 4.12. The molecule has 2 fully saturated rings. The minimum Gasteiger partial charge on any atom is -0.352 e. The average molecular weight is 270 g/mol. The summed E-state index contributed by atoms with van der Waals surface area (Å²) in [6.45, 7) is 6.15. The van der Waals surface area contributed by atoms with Gasteiger partial charge in [-0.2, -0.15) is 0 Å². The van der Waals surface area contributed by atoms with Crippen molar-refractivity contribution in [1.82, 2.24) is 10.2 Å². The van der Waals surface area contributed by atoms with Gasteiger partial charge in [0.1, 0.15) is 6.04 Å². The predicted octanol–water partition coefficient (Wildman–Crippen LogP) is 1.60. The van der Waals surface area contributed by atoms with Crippen LogP contribution < -0.4 is 5.32 Å². The predicted molar refractivity (Wildman–Crippen MR) is 73.2 cm³/mol. The minimum absolute atomic E-state index is 0.0259. The first-order valence-corrected chi connectivity index (χ1v) is 7.70. The summed E-state index contributed by atoms with van der Waals surface area (Å²) >= 11 is 1.66. The molecule has 0 spiro atoms. The Kier molecular flexibility index (Phi) is 3.90. The van der Waals surface area contributed by atoms with Crippen LogP contribution in [0.15, 0.2) is 0 Å². The number of rotatable bonds is 3. The Labute approximate surface area is 113 Å². The molecule has 1 aliphatic carbocycles. The molecule has 0 radical (unpaired) electrons. The molecule has 1 heterocycles. The van der Waals surface area contributed by atoms with Crippen LogP contribution in [-0.4, -0.2) is 40.4 Å². The molecule has 0 aromatic rings. The smallest absolute Gasteiger partial charge is 0.243 e. The lowest BCUT2D eigenvalue weighted by molar-refractivity contribution is -0.139. The third-order valence-electron chi connectivity index (χ3n) is 3.11. The highest BCUT2D eigenvalue weighted by molar-refractivity contribution is 7.99. The van der Waals surface area contributed by atoms with Crippen molar-refractivity contribution in [1.29, 1.82) is 0 Å². The van der Waals surface area contributed by atoms with Gasteiger partial charge >= 0.3 is 0 Å². The first-order valence-electron chi connectivity index (χ1n) is 6.54. The maximum absolute atomic E-state index is 12.2. The summed E-state index contributed by atoms with van der Waals surface area (Å²) < 4.78 is 0. The van der Waals surface area contributed by atoms with E-state index in [0.717, 1.165) is 18.6 Å². The zero-order valence-corrected chi connectivity index (χ0v) is 12.2. The molecule has 2 amide bonds. The van der Waals surface area contributed by atoms with E-state index in [1.807, 2.05) is 20.8 Å². The molecule has 0 bridgehead atoms. The van der Waals surface area contributed by atoms with E-state index in [4.69, 9.17) is 0 Å². The zero-order valence-electron chi connectivity index (χ0n) is 11.4. The molecule has 102 valence electrons. The lowest BCUT2D eigenvalue weighted by Gasteiger charge is -2.26. The van der Waals surface area contributed by atoms with Crippen molar-refractivity contribution in [2.24, 2.45) is 5.41 Å². The van der Waals surface area contributed by atoms with Crippen molar-refractivity contribution in [3.63, 3.8) is 0 Å². The molecule has 18 heavy (non-hydrogen) atoms. The van der Waals surface area contributed by atoms with Crippen LogP contribution in [0.3, 0.4) is 0 Å². The summed E-state index contributed by atoms with van der Waals surface area (Å²) in [4.78, 5) is 26.0. The van der Waals surface area contributed by atoms with Crippen molar-refractivity contribution in [2.75, 3.05) is 11.6 Å². The lowest BCUT2D eigenvalue weighted by atomic mass is 9.91. The number of nitrogens with one attached hydrogen (secondary N) is 1. The quantitative estimate of drug-likeness (QED) is 0.847. The lowest BCUT2D eigenvalue weighted by Crippen LogP contribution is -2.48. The summed E-state index contributed by atoms with van der Waals surface area (Å²) in [5.41, 5.74) is -0.0259. The van der Waals surface area contributed by atoms with E-state index in [9.17, 15) is 9.59 Å². The Balaban J connectivity index is 1.93. The number of hydrogen-bond acceptors (Lipinski definition) is 3. The van der Waals surface area contributed by atoms with E-state index in [0.29, 0.717) is 18.3 Å². The van der Waals surface area contributed by atoms with E-state index in [1.54, 1.807) is 16.7 Å². The molecule has 2 aliphatic rings. The highest BCUT2D eigenvalue weighted by Gasteiger charge is 2.37. The molecule has 1 N–H and O–H groups in total. The van der Waals surface area contributed by atoms with Crippen LogP contribution in [0.1, 0.15) is 40.0 Å². The number of amides is 2. The van der Waals surface area contributed by atoms with Crippen molar-refractivity contribution >= 4 is 23.6 Å². The van der Waals surface area contributed by atoms with Crippen LogP contribution in [0.25, 0.3) is 0 Å². The van der Waals surface area contributed by atoms with Crippen molar-refractivity contribution in [3.8, 4) is 0 Å². The summed E-state index contributed by atoms with van der Waals surface area (Å²) in [6, 6.07) is 0.105. The van der Waals surface area contributed by atoms with E-state index in [2.05, 4.69) is 5.32 Å². The number of nitrogens with zero attached hydrogens (tertiary/aromatic N) is 1. The molecule has 1 atom stereocenters. The molecule has 4 nitrogen and oxygen atoms in total. The highest BCUT2D eigenvalue weighted by atomic mass is 32.2. The normalized spacial score (nSPS) is 24.2. The summed E-state index contributed by atoms with van der Waals surface area (Å²) in [7, 11) is 0. The van der Waals surface area contributed by atoms with Crippen LogP contribution >= 0.6 is 11.8 Å². The fourth-order valence-electron chi connectivity index (χ4n) is 1.99. The van der Waals surface area contributed by atoms with Gasteiger partial charge in [-0.3, -0.25) is 9.59 Å². The van der Waals surface area contributed by atoms with E-state index >= 15 is 0 Å². The SMILES string of the molecule is CC(C)(C)CC(=O)N1CSCC1C(=O)NC1CC1. The fourth-order valence-corrected chi connectivity index (χ4v) is 3.17. The topological polar surface area (TPSA) is 49.4 Å². The molecular formula is C13H22N2O2S. The van der Waals surface area contributed by atoms with Crippen LogP contribution in [0.2, 0.25) is 0 Å². The van der Waals surface area contributed by atoms with Gasteiger partial charge in [-0.05, 0) is 18.3 Å². The number of carbonyl (C=O) groups excluding carboxylic acids is 2. The van der Waals surface area contributed by atoms with Gasteiger partial charge in [0.15, 0.2) is 0 Å². The third kappa shape index (κ3) is 3.64. The molecular weight excluding hydrogens is 248 g/mol. The Morgan fingerprint density at radius 2 is 2.00 bits per heavy atom. The maximum atomic E-state index is 12.2. The number of hydrogen-bond donors (Lipinski definition) is 1. The minimum atomic E-state index is -0.259. The molecule has 5 heteroatoms. The van der Waals surface area contributed by atoms with E-state index in [-0.39, 0.29) is 23.3 Å². The Hall–Kier alpha value is -0.710. The van der Waals surface area contributed by atoms with Crippen molar-refractivity contribution in [2.45, 2.75) is 52.1 Å². The van der Waals surface area contributed by atoms with Gasteiger partial charge in [0.05, 0.1) is 5.88 Å². The van der Waals surface area contributed by atoms with Crippen molar-refractivity contribution < 1.29 is 9.59 Å². The molecule has 0 aromatic carbocycles. The second-order valence-electron chi connectivity index (χ2n) is 6.40. The fraction of sp³-hybridized carbons (Fsp3) is 0.846. The van der Waals surface area contributed by atoms with Crippen LogP contribution in [0.5, 0.6) is 0 Å². The van der Waals surface area contributed by atoms with Gasteiger partial charge in [0.25, 0.3) is 0 Å². The summed E-state index contributed by atoms with van der Waals surface area (Å²) in [6.07, 6.45) is 2.67. The van der Waals surface area contributed by atoms with Crippen molar-refractivity contribution in [3.05, 3.63) is 0 Å². The molecule has 2 rings (SSSR count). The Bertz CT molecular complexity index is 347. The molecule has 1 aliphatic heterocycles. The maximum Gasteiger partial charge on any atom is 0.243 e. The van der Waals surface area contributed by atoms with Gasteiger partial charge in [-0.15, -0.1) is 11.8 Å². The van der Waals surface area contributed by atoms with Gasteiger partial charge in [0, 0.05) is 18.2 Å². The molecule has 0 aromatic heterocycles. The number of thioether (sulfide) groups is 1. The first-order chi connectivity index (χ1) is 8.37. The van der Waals surface area contributed by atoms with Gasteiger partial charge in [-0.25, -0.2) is 0 Å². The van der Waals surface area contributed by atoms with E-state index < -0.39 is 0 Å². The largest absolute Gasteiger partial charge is 0.352 e. The molecule has 1 saturated carbocycles. The molecule has 1 saturated heterocycles. The van der Waals surface area contributed by atoms with Gasteiger partial charge in [-0.1, -0.05) is 20.8 Å². The van der Waals surface area contributed by atoms with Gasteiger partial charge in [0.2, 0.25) is 11.8 Å². The second kappa shape index (κ2) is 5.11. The highest BCUT2D eigenvalue weighted by Crippen LogP contribution is 2.27.